The molecule has 1 heterocycles. The topological polar surface area (TPSA) is 56.2 Å². The normalized spacial score (nSPS) is 10.8. The first-order valence-corrected chi connectivity index (χ1v) is 11.0. The van der Waals surface area contributed by atoms with Crippen molar-refractivity contribution in [2.45, 2.75) is 13.2 Å². The highest BCUT2D eigenvalue weighted by molar-refractivity contribution is 6.35. The lowest BCUT2D eigenvalue weighted by molar-refractivity contribution is 0.102. The van der Waals surface area contributed by atoms with Crippen LogP contribution in [0.2, 0.25) is 15.1 Å². The van der Waals surface area contributed by atoms with E-state index in [-0.39, 0.29) is 19.1 Å². The highest BCUT2D eigenvalue weighted by atomic mass is 35.5. The Balaban J connectivity index is 1.40. The number of benzene rings is 3. The van der Waals surface area contributed by atoms with Crippen LogP contribution in [0, 0.1) is 5.82 Å². The van der Waals surface area contributed by atoms with Crippen molar-refractivity contribution in [3.63, 3.8) is 0 Å². The van der Waals surface area contributed by atoms with Crippen LogP contribution in [0.1, 0.15) is 21.5 Å². The average molecular weight is 505 g/mol. The predicted octanol–water partition coefficient (Wildman–Crippen LogP) is 6.86. The van der Waals surface area contributed by atoms with Gasteiger partial charge in [0.15, 0.2) is 0 Å². The van der Waals surface area contributed by atoms with Gasteiger partial charge in [0.1, 0.15) is 18.2 Å². The number of nitrogens with zero attached hydrogens (tertiary/aromatic N) is 2. The second-order valence-electron chi connectivity index (χ2n) is 7.14. The van der Waals surface area contributed by atoms with Crippen molar-refractivity contribution < 1.29 is 13.9 Å². The Morgan fingerprint density at radius 3 is 2.64 bits per heavy atom. The van der Waals surface area contributed by atoms with E-state index in [1.165, 1.54) is 16.9 Å². The Kier molecular flexibility index (Phi) is 7.18. The summed E-state index contributed by atoms with van der Waals surface area (Å²) in [6.45, 7) is 0.366. The van der Waals surface area contributed by atoms with Gasteiger partial charge in [-0.2, -0.15) is 5.10 Å². The Bertz CT molecular complexity index is 1290. The molecule has 0 atom stereocenters. The number of carbonyl (C=O) groups is 1. The average Bonchev–Trinajstić information content (AvgIpc) is 3.23. The molecule has 4 aromatic rings. The van der Waals surface area contributed by atoms with Crippen LogP contribution in [0.5, 0.6) is 5.75 Å². The number of rotatable bonds is 7. The minimum absolute atomic E-state index is 0.140. The summed E-state index contributed by atoms with van der Waals surface area (Å²) in [6, 6.07) is 16.5. The van der Waals surface area contributed by atoms with Gasteiger partial charge >= 0.3 is 0 Å². The number of nitrogens with one attached hydrogen (secondary N) is 1. The SMILES string of the molecule is O=C(Nc1cnn(Cc2c(F)cccc2Cl)c1)c1cccc(COc2ccc(Cl)cc2Cl)c1. The smallest absolute Gasteiger partial charge is 0.255 e. The third-order valence-corrected chi connectivity index (χ3v) is 5.63. The highest BCUT2D eigenvalue weighted by Gasteiger charge is 2.12. The van der Waals surface area contributed by atoms with Crippen molar-refractivity contribution in [3.8, 4) is 5.75 Å². The molecule has 33 heavy (non-hydrogen) atoms. The standard InChI is InChI=1S/C24H17Cl3FN3O2/c25-17-7-8-23(21(27)10-17)33-14-15-3-1-4-16(9-15)24(32)30-18-11-29-31(12-18)13-19-20(26)5-2-6-22(19)28/h1-12H,13-14H2,(H,30,32). The summed E-state index contributed by atoms with van der Waals surface area (Å²) in [5.74, 6) is -0.231. The first-order chi connectivity index (χ1) is 15.9. The number of hydrogen-bond acceptors (Lipinski definition) is 3. The number of aromatic nitrogens is 2. The number of ether oxygens (including phenoxy) is 1. The third kappa shape index (κ3) is 5.85. The molecule has 3 aromatic carbocycles. The summed E-state index contributed by atoms with van der Waals surface area (Å²) >= 11 is 18.1. The fraction of sp³-hybridized carbons (Fsp3) is 0.0833. The lowest BCUT2D eigenvalue weighted by Crippen LogP contribution is -2.12. The van der Waals surface area contributed by atoms with Crippen molar-refractivity contribution in [1.82, 2.24) is 9.78 Å². The van der Waals surface area contributed by atoms with Crippen molar-refractivity contribution in [1.29, 1.82) is 0 Å². The Labute approximate surface area is 204 Å². The van der Waals surface area contributed by atoms with Gasteiger partial charge < -0.3 is 10.1 Å². The molecule has 0 spiro atoms. The van der Waals surface area contributed by atoms with E-state index in [4.69, 9.17) is 39.5 Å². The zero-order valence-corrected chi connectivity index (χ0v) is 19.3. The number of hydrogen-bond donors (Lipinski definition) is 1. The monoisotopic (exact) mass is 503 g/mol. The summed E-state index contributed by atoms with van der Waals surface area (Å²) in [6.07, 6.45) is 3.10. The van der Waals surface area contributed by atoms with E-state index >= 15 is 0 Å². The number of anilines is 1. The van der Waals surface area contributed by atoms with Crippen LogP contribution in [0.4, 0.5) is 10.1 Å². The molecule has 0 bridgehead atoms. The summed E-state index contributed by atoms with van der Waals surface area (Å²) in [5.41, 5.74) is 2.04. The van der Waals surface area contributed by atoms with Crippen molar-refractivity contribution in [2.24, 2.45) is 0 Å². The van der Waals surface area contributed by atoms with Gasteiger partial charge in [0.25, 0.3) is 5.91 Å². The van der Waals surface area contributed by atoms with Crippen molar-refractivity contribution in [2.75, 3.05) is 5.32 Å². The maximum atomic E-state index is 14.0. The molecule has 0 unspecified atom stereocenters. The van der Waals surface area contributed by atoms with E-state index in [0.717, 1.165) is 5.56 Å². The molecule has 4 rings (SSSR count). The van der Waals surface area contributed by atoms with Gasteiger partial charge in [-0.1, -0.05) is 53.0 Å². The molecule has 1 aromatic heterocycles. The van der Waals surface area contributed by atoms with E-state index in [9.17, 15) is 9.18 Å². The molecule has 0 saturated carbocycles. The van der Waals surface area contributed by atoms with Crippen LogP contribution >= 0.6 is 34.8 Å². The molecular formula is C24H17Cl3FN3O2. The fourth-order valence-corrected chi connectivity index (χ4v) is 3.80. The van der Waals surface area contributed by atoms with E-state index in [1.807, 2.05) is 6.07 Å². The molecule has 5 nitrogen and oxygen atoms in total. The molecule has 0 radical (unpaired) electrons. The second kappa shape index (κ2) is 10.3. The molecule has 9 heteroatoms. The van der Waals surface area contributed by atoms with Crippen LogP contribution in [0.15, 0.2) is 73.1 Å². The van der Waals surface area contributed by atoms with Gasteiger partial charge in [0, 0.05) is 27.4 Å². The van der Waals surface area contributed by atoms with E-state index in [2.05, 4.69) is 10.4 Å². The molecule has 0 aliphatic heterocycles. The molecule has 0 saturated heterocycles. The van der Waals surface area contributed by atoms with Gasteiger partial charge in [0.2, 0.25) is 0 Å². The quantitative estimate of drug-likeness (QED) is 0.299. The maximum Gasteiger partial charge on any atom is 0.255 e. The molecule has 0 fully saturated rings. The van der Waals surface area contributed by atoms with Crippen LogP contribution < -0.4 is 10.1 Å². The number of amides is 1. The minimum Gasteiger partial charge on any atom is -0.487 e. The van der Waals surface area contributed by atoms with Gasteiger partial charge in [0.05, 0.1) is 23.5 Å². The summed E-state index contributed by atoms with van der Waals surface area (Å²) in [5, 5.41) is 8.20. The van der Waals surface area contributed by atoms with Crippen LogP contribution in [-0.2, 0) is 13.2 Å². The minimum atomic E-state index is -0.414. The van der Waals surface area contributed by atoms with Crippen molar-refractivity contribution in [3.05, 3.63) is 111 Å². The van der Waals surface area contributed by atoms with Crippen LogP contribution in [0.3, 0.4) is 0 Å². The maximum absolute atomic E-state index is 14.0. The Morgan fingerprint density at radius 2 is 1.85 bits per heavy atom. The van der Waals surface area contributed by atoms with Crippen LogP contribution in [-0.4, -0.2) is 15.7 Å². The zero-order chi connectivity index (χ0) is 23.4. The lowest BCUT2D eigenvalue weighted by Gasteiger charge is -2.09. The molecule has 168 valence electrons. The van der Waals surface area contributed by atoms with E-state index < -0.39 is 5.82 Å². The first kappa shape index (κ1) is 23.1. The summed E-state index contributed by atoms with van der Waals surface area (Å²) in [4.78, 5) is 12.7. The molecule has 0 aliphatic rings. The fourth-order valence-electron chi connectivity index (χ4n) is 3.12. The van der Waals surface area contributed by atoms with Gasteiger partial charge in [-0.3, -0.25) is 9.48 Å². The van der Waals surface area contributed by atoms with Gasteiger partial charge in [-0.05, 0) is 48.0 Å². The predicted molar refractivity (Wildman–Crippen MR) is 128 cm³/mol. The Morgan fingerprint density at radius 1 is 1.03 bits per heavy atom. The van der Waals surface area contributed by atoms with Gasteiger partial charge in [-0.15, -0.1) is 0 Å². The zero-order valence-electron chi connectivity index (χ0n) is 17.1. The third-order valence-electron chi connectivity index (χ3n) is 4.75. The number of carbonyl (C=O) groups excluding carboxylic acids is 1. The molecule has 1 amide bonds. The summed E-state index contributed by atoms with van der Waals surface area (Å²) in [7, 11) is 0. The Hall–Kier alpha value is -3.06. The van der Waals surface area contributed by atoms with E-state index in [1.54, 1.807) is 54.7 Å². The molecular weight excluding hydrogens is 488 g/mol. The molecule has 0 aliphatic carbocycles. The highest BCUT2D eigenvalue weighted by Crippen LogP contribution is 2.28. The number of halogens is 4. The van der Waals surface area contributed by atoms with Crippen LogP contribution in [0.25, 0.3) is 0 Å². The largest absolute Gasteiger partial charge is 0.487 e. The van der Waals surface area contributed by atoms with E-state index in [0.29, 0.717) is 37.6 Å². The first-order valence-electron chi connectivity index (χ1n) is 9.82. The second-order valence-corrected chi connectivity index (χ2v) is 8.40. The summed E-state index contributed by atoms with van der Waals surface area (Å²) < 4.78 is 21.2. The lowest BCUT2D eigenvalue weighted by atomic mass is 10.1. The van der Waals surface area contributed by atoms with Gasteiger partial charge in [-0.25, -0.2) is 4.39 Å². The van der Waals surface area contributed by atoms with Crippen molar-refractivity contribution >= 4 is 46.4 Å². The molecule has 1 N–H and O–H groups in total.